The van der Waals surface area contributed by atoms with Gasteiger partial charge in [-0.25, -0.2) is 4.79 Å². The van der Waals surface area contributed by atoms with E-state index in [1.807, 2.05) is 66.7 Å². The van der Waals surface area contributed by atoms with E-state index in [0.29, 0.717) is 12.2 Å². The van der Waals surface area contributed by atoms with Crippen molar-refractivity contribution in [1.82, 2.24) is 5.32 Å². The van der Waals surface area contributed by atoms with Crippen LogP contribution in [-0.2, 0) is 32.2 Å². The van der Waals surface area contributed by atoms with Gasteiger partial charge in [0, 0.05) is 5.56 Å². The van der Waals surface area contributed by atoms with E-state index < -0.39 is 24.2 Å². The number of ether oxygens (including phenoxy) is 3. The normalized spacial score (nSPS) is 13.5. The Kier molecular flexibility index (Phi) is 9.18. The Morgan fingerprint density at radius 1 is 0.758 bits per heavy atom. The zero-order valence-electron chi connectivity index (χ0n) is 18.8. The van der Waals surface area contributed by atoms with E-state index in [0.717, 1.165) is 11.1 Å². The monoisotopic (exact) mass is 447 g/mol. The molecule has 3 atom stereocenters. The van der Waals surface area contributed by atoms with Gasteiger partial charge in [0.05, 0.1) is 32.5 Å². The Hall–Kier alpha value is -3.48. The topological polar surface area (TPSA) is 73.9 Å². The van der Waals surface area contributed by atoms with E-state index in [-0.39, 0.29) is 12.5 Å². The Morgan fingerprint density at radius 2 is 1.24 bits per heavy atom. The number of nitrogens with one attached hydrogen (secondary N) is 1. The lowest BCUT2D eigenvalue weighted by Crippen LogP contribution is -2.54. The number of carbonyl (C=O) groups is 2. The molecule has 6 nitrogen and oxygen atoms in total. The van der Waals surface area contributed by atoms with E-state index in [4.69, 9.17) is 14.2 Å². The molecule has 0 aliphatic heterocycles. The molecule has 0 saturated heterocycles. The highest BCUT2D eigenvalue weighted by atomic mass is 16.6. The van der Waals surface area contributed by atoms with Crippen LogP contribution in [-0.4, -0.2) is 37.2 Å². The van der Waals surface area contributed by atoms with Gasteiger partial charge in [0.15, 0.2) is 6.10 Å². The zero-order valence-corrected chi connectivity index (χ0v) is 18.8. The molecule has 6 heteroatoms. The molecule has 0 fully saturated rings. The number of amides is 1. The molecule has 0 saturated carbocycles. The lowest BCUT2D eigenvalue weighted by atomic mass is 10.0. The van der Waals surface area contributed by atoms with Crippen molar-refractivity contribution in [2.45, 2.75) is 38.4 Å². The van der Waals surface area contributed by atoms with Gasteiger partial charge in [-0.3, -0.25) is 4.79 Å². The van der Waals surface area contributed by atoms with Crippen molar-refractivity contribution in [2.24, 2.45) is 0 Å². The van der Waals surface area contributed by atoms with Gasteiger partial charge in [-0.15, -0.1) is 0 Å². The minimum atomic E-state index is -1.06. The third-order valence-electron chi connectivity index (χ3n) is 5.23. The predicted octanol–water partition coefficient (Wildman–Crippen LogP) is 4.15. The molecular weight excluding hydrogens is 418 g/mol. The summed E-state index contributed by atoms with van der Waals surface area (Å²) in [6, 6.07) is 27.2. The molecule has 0 bridgehead atoms. The Balaban J connectivity index is 1.80. The van der Waals surface area contributed by atoms with Crippen LogP contribution in [0.5, 0.6) is 0 Å². The van der Waals surface area contributed by atoms with E-state index in [2.05, 4.69) is 5.32 Å². The molecule has 0 heterocycles. The third-order valence-corrected chi connectivity index (χ3v) is 5.23. The second-order valence-electron chi connectivity index (χ2n) is 7.61. The standard InChI is InChI=1S/C27H29NO5/c1-20(32-18-21-12-6-3-7-13-21)24(28-26(29)23-16-10-5-11-17-23)25(27(30)31-2)33-19-22-14-8-4-9-15-22/h3-17,20,24-25H,18-19H2,1-2H3,(H,28,29)/t20-,24+,25-/m0/s1. The molecule has 33 heavy (non-hydrogen) atoms. The second kappa shape index (κ2) is 12.5. The third kappa shape index (κ3) is 7.27. The molecule has 3 aromatic carbocycles. The number of benzene rings is 3. The van der Waals surface area contributed by atoms with E-state index in [1.54, 1.807) is 31.2 Å². The fourth-order valence-corrected chi connectivity index (χ4v) is 3.36. The summed E-state index contributed by atoms with van der Waals surface area (Å²) in [4.78, 5) is 25.7. The Morgan fingerprint density at radius 3 is 1.76 bits per heavy atom. The van der Waals surface area contributed by atoms with Crippen LogP contribution in [0.4, 0.5) is 0 Å². The summed E-state index contributed by atoms with van der Waals surface area (Å²) in [6.07, 6.45) is -1.61. The Bertz CT molecular complexity index is 995. The van der Waals surface area contributed by atoms with Crippen molar-refractivity contribution in [2.75, 3.05) is 7.11 Å². The first-order valence-electron chi connectivity index (χ1n) is 10.8. The molecule has 0 aliphatic rings. The number of hydrogen-bond donors (Lipinski definition) is 1. The van der Waals surface area contributed by atoms with Crippen molar-refractivity contribution in [3.05, 3.63) is 108 Å². The predicted molar refractivity (Wildman–Crippen MR) is 125 cm³/mol. The fraction of sp³-hybridized carbons (Fsp3) is 0.259. The quantitative estimate of drug-likeness (QED) is 0.447. The van der Waals surface area contributed by atoms with Gasteiger partial charge in [0.25, 0.3) is 5.91 Å². The van der Waals surface area contributed by atoms with Crippen LogP contribution in [0.3, 0.4) is 0 Å². The molecule has 0 aliphatic carbocycles. The first kappa shape index (κ1) is 24.2. The van der Waals surface area contributed by atoms with Crippen molar-refractivity contribution in [3.63, 3.8) is 0 Å². The number of methoxy groups -OCH3 is 1. The maximum absolute atomic E-state index is 12.9. The molecular formula is C27H29NO5. The van der Waals surface area contributed by atoms with Crippen LogP contribution in [0.25, 0.3) is 0 Å². The smallest absolute Gasteiger partial charge is 0.337 e. The van der Waals surface area contributed by atoms with Crippen molar-refractivity contribution >= 4 is 11.9 Å². The first-order valence-corrected chi connectivity index (χ1v) is 10.8. The zero-order chi connectivity index (χ0) is 23.5. The highest BCUT2D eigenvalue weighted by Crippen LogP contribution is 2.16. The number of esters is 1. The molecule has 3 rings (SSSR count). The van der Waals surface area contributed by atoms with E-state index in [1.165, 1.54) is 7.11 Å². The minimum absolute atomic E-state index is 0.184. The number of carbonyl (C=O) groups excluding carboxylic acids is 2. The fourth-order valence-electron chi connectivity index (χ4n) is 3.36. The number of rotatable bonds is 11. The maximum atomic E-state index is 12.9. The van der Waals surface area contributed by atoms with Crippen molar-refractivity contribution in [1.29, 1.82) is 0 Å². The summed E-state index contributed by atoms with van der Waals surface area (Å²) >= 11 is 0. The van der Waals surface area contributed by atoms with Gasteiger partial charge in [-0.1, -0.05) is 78.9 Å². The molecule has 0 unspecified atom stereocenters. The van der Waals surface area contributed by atoms with Gasteiger partial charge in [-0.2, -0.15) is 0 Å². The van der Waals surface area contributed by atoms with E-state index in [9.17, 15) is 9.59 Å². The maximum Gasteiger partial charge on any atom is 0.337 e. The van der Waals surface area contributed by atoms with Crippen LogP contribution < -0.4 is 5.32 Å². The molecule has 0 aromatic heterocycles. The van der Waals surface area contributed by atoms with Crippen molar-refractivity contribution < 1.29 is 23.8 Å². The number of hydrogen-bond acceptors (Lipinski definition) is 5. The summed E-state index contributed by atoms with van der Waals surface area (Å²) in [5, 5.41) is 2.93. The highest BCUT2D eigenvalue weighted by Gasteiger charge is 2.36. The van der Waals surface area contributed by atoms with Crippen LogP contribution >= 0.6 is 0 Å². The van der Waals surface area contributed by atoms with Crippen LogP contribution in [0, 0.1) is 0 Å². The summed E-state index contributed by atoms with van der Waals surface area (Å²) in [6.45, 7) is 2.32. The van der Waals surface area contributed by atoms with Gasteiger partial charge >= 0.3 is 5.97 Å². The molecule has 3 aromatic rings. The molecule has 1 amide bonds. The van der Waals surface area contributed by atoms with Gasteiger partial charge in [0.2, 0.25) is 0 Å². The van der Waals surface area contributed by atoms with Crippen LogP contribution in [0.2, 0.25) is 0 Å². The van der Waals surface area contributed by atoms with Gasteiger partial charge in [0.1, 0.15) is 0 Å². The van der Waals surface area contributed by atoms with Crippen LogP contribution in [0.1, 0.15) is 28.4 Å². The summed E-state index contributed by atoms with van der Waals surface area (Å²) < 4.78 is 17.0. The van der Waals surface area contributed by atoms with Gasteiger partial charge < -0.3 is 19.5 Å². The SMILES string of the molecule is COC(=O)[C@@H](OCc1ccccc1)[C@H](NC(=O)c1ccccc1)[C@H](C)OCc1ccccc1. The molecule has 172 valence electrons. The summed E-state index contributed by atoms with van der Waals surface area (Å²) in [7, 11) is 1.30. The van der Waals surface area contributed by atoms with Crippen LogP contribution in [0.15, 0.2) is 91.0 Å². The molecule has 0 spiro atoms. The second-order valence-corrected chi connectivity index (χ2v) is 7.61. The highest BCUT2D eigenvalue weighted by molar-refractivity contribution is 5.94. The Labute approximate surface area is 194 Å². The summed E-state index contributed by atoms with van der Waals surface area (Å²) in [5.74, 6) is -0.910. The largest absolute Gasteiger partial charge is 0.467 e. The average Bonchev–Trinajstić information content (AvgIpc) is 2.88. The molecule has 1 N–H and O–H groups in total. The minimum Gasteiger partial charge on any atom is -0.467 e. The first-order chi connectivity index (χ1) is 16.1. The lowest BCUT2D eigenvalue weighted by Gasteiger charge is -2.31. The summed E-state index contributed by atoms with van der Waals surface area (Å²) in [5.41, 5.74) is 2.36. The van der Waals surface area contributed by atoms with Crippen molar-refractivity contribution in [3.8, 4) is 0 Å². The average molecular weight is 448 g/mol. The molecule has 0 radical (unpaired) electrons. The van der Waals surface area contributed by atoms with Gasteiger partial charge in [-0.05, 0) is 30.2 Å². The van der Waals surface area contributed by atoms with E-state index >= 15 is 0 Å². The lowest BCUT2D eigenvalue weighted by molar-refractivity contribution is -0.160.